The number of nitrogens with zero attached hydrogens (tertiary/aromatic N) is 1. The topological polar surface area (TPSA) is 79.3 Å². The number of nitrogens with one attached hydrogen (secondary N) is 1. The number of carboxylic acid groups (broad SMARTS) is 1. The van der Waals surface area contributed by atoms with Gasteiger partial charge in [-0.25, -0.2) is 0 Å². The fourth-order valence-electron chi connectivity index (χ4n) is 1.85. The number of carbonyl (C=O) groups excluding carboxylic acids is 1. The number of halogens is 1. The van der Waals surface area contributed by atoms with Gasteiger partial charge in [0.1, 0.15) is 5.92 Å². The third kappa shape index (κ3) is 2.58. The van der Waals surface area contributed by atoms with E-state index in [-0.39, 0.29) is 0 Å². The third-order valence-electron chi connectivity index (χ3n) is 3.04. The maximum atomic E-state index is 11.9. The number of fused-ring (bicyclic) bond motifs is 1. The Morgan fingerprint density at radius 1 is 1.45 bits per heavy atom. The van der Waals surface area contributed by atoms with Gasteiger partial charge in [0.15, 0.2) is 0 Å². The van der Waals surface area contributed by atoms with Crippen LogP contribution in [0.2, 0.25) is 5.02 Å². The number of anilines is 1. The Kier molecular flexibility index (Phi) is 3.90. The molecule has 2 aromatic rings. The molecule has 0 aliphatic carbocycles. The summed E-state index contributed by atoms with van der Waals surface area (Å²) in [6, 6.07) is 5.20. The smallest absolute Gasteiger partial charge is 0.315 e. The van der Waals surface area contributed by atoms with Crippen molar-refractivity contribution in [3.05, 3.63) is 35.0 Å². The lowest BCUT2D eigenvalue weighted by Gasteiger charge is -2.13. The number of hydrogen-bond acceptors (Lipinski definition) is 3. The normalized spacial score (nSPS) is 12.2. The fourth-order valence-corrected chi connectivity index (χ4v) is 2.16. The Morgan fingerprint density at radius 2 is 2.15 bits per heavy atom. The van der Waals surface area contributed by atoms with E-state index >= 15 is 0 Å². The number of carbonyl (C=O) groups is 2. The molecule has 0 spiro atoms. The predicted molar refractivity (Wildman–Crippen MR) is 76.9 cm³/mol. The van der Waals surface area contributed by atoms with Gasteiger partial charge in [0.25, 0.3) is 0 Å². The molecule has 0 saturated carbocycles. The number of pyridine rings is 1. The first-order valence-electron chi connectivity index (χ1n) is 5.99. The van der Waals surface area contributed by atoms with Crippen LogP contribution in [-0.2, 0) is 9.59 Å². The molecule has 1 atom stereocenters. The van der Waals surface area contributed by atoms with Crippen molar-refractivity contribution in [2.24, 2.45) is 5.92 Å². The van der Waals surface area contributed by atoms with E-state index in [1.54, 1.807) is 24.4 Å². The number of aromatic nitrogens is 1. The average molecular weight is 293 g/mol. The Balaban J connectivity index is 2.50. The average Bonchev–Trinajstić information content (AvgIpc) is 2.42. The maximum absolute atomic E-state index is 11.9. The monoisotopic (exact) mass is 292 g/mol. The van der Waals surface area contributed by atoms with Crippen LogP contribution in [0.15, 0.2) is 24.4 Å². The Hall–Kier alpha value is -2.14. The summed E-state index contributed by atoms with van der Waals surface area (Å²) in [4.78, 5) is 26.9. The molecule has 6 heteroatoms. The second kappa shape index (κ2) is 5.46. The molecule has 0 fully saturated rings. The minimum absolute atomic E-state index is 0.355. The highest BCUT2D eigenvalue weighted by molar-refractivity contribution is 6.35. The van der Waals surface area contributed by atoms with Crippen molar-refractivity contribution in [3.8, 4) is 0 Å². The minimum atomic E-state index is -1.19. The van der Waals surface area contributed by atoms with E-state index in [0.29, 0.717) is 16.1 Å². The minimum Gasteiger partial charge on any atom is -0.481 e. The van der Waals surface area contributed by atoms with Gasteiger partial charge in [-0.1, -0.05) is 11.6 Å². The summed E-state index contributed by atoms with van der Waals surface area (Å²) in [5.41, 5.74) is 1.99. The first-order chi connectivity index (χ1) is 9.41. The van der Waals surface area contributed by atoms with Gasteiger partial charge in [0.2, 0.25) is 5.91 Å². The fraction of sp³-hybridized carbons (Fsp3) is 0.214. The summed E-state index contributed by atoms with van der Waals surface area (Å²) >= 11 is 6.15. The highest BCUT2D eigenvalue weighted by atomic mass is 35.5. The van der Waals surface area contributed by atoms with Gasteiger partial charge < -0.3 is 10.4 Å². The molecule has 0 aliphatic heterocycles. The molecule has 5 nitrogen and oxygen atoms in total. The van der Waals surface area contributed by atoms with E-state index in [4.69, 9.17) is 16.7 Å². The van der Waals surface area contributed by atoms with Crippen molar-refractivity contribution < 1.29 is 14.7 Å². The lowest BCUT2D eigenvalue weighted by Crippen LogP contribution is -2.27. The molecular formula is C14H13ClN2O3. The van der Waals surface area contributed by atoms with Crippen LogP contribution < -0.4 is 5.32 Å². The molecule has 0 bridgehead atoms. The molecule has 1 unspecified atom stereocenters. The highest BCUT2D eigenvalue weighted by Gasteiger charge is 2.22. The molecule has 0 saturated heterocycles. The SMILES string of the molecule is Cc1cc(Cl)c(NC(=O)C(C)C(=O)O)c2cccnc12. The quantitative estimate of drug-likeness (QED) is 0.853. The summed E-state index contributed by atoms with van der Waals surface area (Å²) in [6.45, 7) is 3.19. The van der Waals surface area contributed by atoms with E-state index < -0.39 is 17.8 Å². The first-order valence-corrected chi connectivity index (χ1v) is 6.37. The predicted octanol–water partition coefficient (Wildman–Crippen LogP) is 2.86. The number of benzene rings is 1. The molecule has 20 heavy (non-hydrogen) atoms. The van der Waals surface area contributed by atoms with Crippen molar-refractivity contribution in [2.75, 3.05) is 5.32 Å². The van der Waals surface area contributed by atoms with E-state index in [1.165, 1.54) is 6.92 Å². The summed E-state index contributed by atoms with van der Waals surface area (Å²) in [5, 5.41) is 12.5. The van der Waals surface area contributed by atoms with Gasteiger partial charge in [0.05, 0.1) is 16.2 Å². The van der Waals surface area contributed by atoms with E-state index in [2.05, 4.69) is 10.3 Å². The van der Waals surface area contributed by atoms with Gasteiger partial charge >= 0.3 is 5.97 Å². The van der Waals surface area contributed by atoms with Crippen LogP contribution in [-0.4, -0.2) is 22.0 Å². The van der Waals surface area contributed by atoms with Crippen LogP contribution in [0.4, 0.5) is 5.69 Å². The highest BCUT2D eigenvalue weighted by Crippen LogP contribution is 2.32. The van der Waals surface area contributed by atoms with Gasteiger partial charge in [-0.05, 0) is 37.6 Å². The largest absolute Gasteiger partial charge is 0.481 e. The summed E-state index contributed by atoms with van der Waals surface area (Å²) in [7, 11) is 0. The van der Waals surface area contributed by atoms with Gasteiger partial charge in [0, 0.05) is 11.6 Å². The maximum Gasteiger partial charge on any atom is 0.315 e. The van der Waals surface area contributed by atoms with Gasteiger partial charge in [-0.15, -0.1) is 0 Å². The van der Waals surface area contributed by atoms with E-state index in [1.807, 2.05) is 6.92 Å². The lowest BCUT2D eigenvalue weighted by molar-refractivity contribution is -0.144. The number of carboxylic acids is 1. The van der Waals surface area contributed by atoms with Crippen LogP contribution in [0.5, 0.6) is 0 Å². The van der Waals surface area contributed by atoms with Gasteiger partial charge in [-0.2, -0.15) is 0 Å². The second-order valence-electron chi connectivity index (χ2n) is 4.50. The summed E-state index contributed by atoms with van der Waals surface area (Å²) in [5.74, 6) is -2.96. The molecule has 1 amide bonds. The Morgan fingerprint density at radius 3 is 2.80 bits per heavy atom. The lowest BCUT2D eigenvalue weighted by atomic mass is 10.1. The summed E-state index contributed by atoms with van der Waals surface area (Å²) < 4.78 is 0. The Labute approximate surface area is 120 Å². The number of hydrogen-bond donors (Lipinski definition) is 2. The van der Waals surface area contributed by atoms with Gasteiger partial charge in [-0.3, -0.25) is 14.6 Å². The number of aryl methyl sites for hydroxylation is 1. The van der Waals surface area contributed by atoms with E-state index in [0.717, 1.165) is 11.1 Å². The van der Waals surface area contributed by atoms with Crippen molar-refractivity contribution in [2.45, 2.75) is 13.8 Å². The van der Waals surface area contributed by atoms with Crippen LogP contribution in [0, 0.1) is 12.8 Å². The second-order valence-corrected chi connectivity index (χ2v) is 4.91. The molecule has 2 N–H and O–H groups in total. The van der Waals surface area contributed by atoms with Crippen molar-refractivity contribution in [3.63, 3.8) is 0 Å². The molecular weight excluding hydrogens is 280 g/mol. The number of rotatable bonds is 3. The molecule has 0 aliphatic rings. The van der Waals surface area contributed by atoms with Crippen molar-refractivity contribution in [1.82, 2.24) is 4.98 Å². The first kappa shape index (κ1) is 14.3. The zero-order valence-corrected chi connectivity index (χ0v) is 11.7. The number of aliphatic carboxylic acids is 1. The van der Waals surface area contributed by atoms with Crippen LogP contribution >= 0.6 is 11.6 Å². The standard InChI is InChI=1S/C14H13ClN2O3/c1-7-6-10(15)12(9-4-3-5-16-11(7)9)17-13(18)8(2)14(19)20/h3-6,8H,1-2H3,(H,17,18)(H,19,20). The molecule has 1 heterocycles. The zero-order valence-electron chi connectivity index (χ0n) is 11.0. The summed E-state index contributed by atoms with van der Waals surface area (Å²) in [6.07, 6.45) is 1.65. The Bertz CT molecular complexity index is 700. The molecule has 1 aromatic heterocycles. The third-order valence-corrected chi connectivity index (χ3v) is 3.34. The molecule has 104 valence electrons. The zero-order chi connectivity index (χ0) is 14.9. The van der Waals surface area contributed by atoms with Crippen molar-refractivity contribution >= 4 is 40.1 Å². The van der Waals surface area contributed by atoms with Crippen LogP contribution in [0.1, 0.15) is 12.5 Å². The molecule has 2 rings (SSSR count). The molecule has 0 radical (unpaired) electrons. The van der Waals surface area contributed by atoms with E-state index in [9.17, 15) is 9.59 Å². The van der Waals surface area contributed by atoms with Crippen molar-refractivity contribution in [1.29, 1.82) is 0 Å². The van der Waals surface area contributed by atoms with Crippen LogP contribution in [0.3, 0.4) is 0 Å². The molecule has 1 aromatic carbocycles. The number of amides is 1. The van der Waals surface area contributed by atoms with Crippen LogP contribution in [0.25, 0.3) is 10.9 Å².